The van der Waals surface area contributed by atoms with Crippen LogP contribution >= 0.6 is 0 Å². The second-order valence-corrected chi connectivity index (χ2v) is 266. The topological polar surface area (TPSA) is 649 Å². The second-order valence-electron chi connectivity index (χ2n) is 26.7. The fourth-order valence-electron chi connectivity index (χ4n) is 10.6. The van der Waals surface area contributed by atoms with Crippen molar-refractivity contribution in [3.8, 4) is 0 Å². The lowest BCUT2D eigenvalue weighted by Gasteiger charge is -2.71. The van der Waals surface area contributed by atoms with Crippen molar-refractivity contribution in [2.45, 2.75) is 125 Å². The minimum Gasteiger partial charge on any atom is -0.441 e. The van der Waals surface area contributed by atoms with E-state index in [9.17, 15) is 122 Å². The van der Waals surface area contributed by atoms with E-state index < -0.39 is 344 Å². The number of rotatable bonds is 50. The number of hydrogen-bond donors (Lipinski definition) is 19. The van der Waals surface area contributed by atoms with Crippen LogP contribution in [0.5, 0.6) is 0 Å². The second kappa shape index (κ2) is 49.5. The number of hydrogen-bond acceptors (Lipinski definition) is 40. The predicted molar refractivity (Wildman–Crippen MR) is 469 cm³/mol. The summed E-state index contributed by atoms with van der Waals surface area (Å²) in [6.07, 6.45) is 1.25. The molecule has 0 amide bonds. The van der Waals surface area contributed by atoms with Crippen LogP contribution in [-0.2, 0) is 89.9 Å². The van der Waals surface area contributed by atoms with Crippen molar-refractivity contribution < 1.29 is 181 Å². The molecule has 0 aromatic rings. The Labute approximate surface area is 659 Å². The van der Waals surface area contributed by atoms with Crippen LogP contribution in [-0.4, -0.2) is 452 Å². The van der Waals surface area contributed by atoms with Gasteiger partial charge in [0, 0.05) is 7.11 Å². The van der Waals surface area contributed by atoms with Crippen molar-refractivity contribution in [2.24, 2.45) is 0 Å². The van der Waals surface area contributed by atoms with Gasteiger partial charge in [0.05, 0.1) is 18.1 Å². The molecule has 40 nitrogen and oxygen atoms in total. The molecule has 0 spiro atoms. The maximum atomic E-state index is 13.8. The molecule has 0 saturated carbocycles. The molecule has 0 rings (SSSR count). The van der Waals surface area contributed by atoms with Crippen molar-refractivity contribution in [1.29, 1.82) is 0 Å². The van der Waals surface area contributed by atoms with Gasteiger partial charge in [0.2, 0.25) is 72.4 Å². The van der Waals surface area contributed by atoms with Crippen LogP contribution in [0.4, 0.5) is 0 Å². The van der Waals surface area contributed by atoms with E-state index >= 15 is 0 Å². The monoisotopic (exact) mass is 2170 g/mol. The Bertz CT molecular complexity index is 2640. The zero-order chi connectivity index (χ0) is 81.8. The molecule has 0 aromatic carbocycles. The van der Waals surface area contributed by atoms with Crippen LogP contribution in [0.3, 0.4) is 0 Å². The molecule has 0 saturated heterocycles. The summed E-state index contributed by atoms with van der Waals surface area (Å²) in [5.41, 5.74) is 0. The molecule has 5 atom stereocenters. The first-order valence-electron chi connectivity index (χ1n) is 31.1. The van der Waals surface area contributed by atoms with E-state index in [4.69, 9.17) is 58.6 Å². The van der Waals surface area contributed by atoms with Gasteiger partial charge in [-0.1, -0.05) is 46.5 Å². The molecule has 5 unspecified atom stereocenters. The predicted octanol–water partition coefficient (Wildman–Crippen LogP) is -27.2. The molecule has 0 aliphatic heterocycles. The highest BCUT2D eigenvalue weighted by Gasteiger charge is 3.00. The minimum absolute atomic E-state index is 0.303. The average Bonchev–Trinajstić information content (AvgIpc) is 0.638. The molecule has 0 radical (unpaired) electrons. The molecule has 82 heteroatoms. The van der Waals surface area contributed by atoms with E-state index in [1.165, 1.54) is 85.5 Å². The highest BCUT2D eigenvalue weighted by Crippen LogP contribution is 2.54. The molecule has 0 bridgehead atoms. The molecule has 0 heterocycles. The Hall–Kier alpha value is 6.07. The minimum atomic E-state index is -6.84. The lowest BCUT2D eigenvalue weighted by atomic mass is 10.6. The van der Waals surface area contributed by atoms with Gasteiger partial charge in [-0.2, -0.15) is 0 Å². The van der Waals surface area contributed by atoms with E-state index in [-0.39, 0.29) is 9.76 Å². The average molecular weight is 2170 g/mol. The largest absolute Gasteiger partial charge is 0.549 e. The third kappa shape index (κ3) is 27.6. The summed E-state index contributed by atoms with van der Waals surface area (Å²) in [5.74, 6) is 0. The maximum absolute atomic E-state index is 13.8. The van der Waals surface area contributed by atoms with Crippen molar-refractivity contribution in [3.05, 3.63) is 0 Å². The molecule has 0 aromatic heterocycles. The maximum Gasteiger partial charge on any atom is 0.549 e. The smallest absolute Gasteiger partial charge is 0.441 e. The first-order valence-corrected chi connectivity index (χ1v) is 140. The van der Waals surface area contributed by atoms with Gasteiger partial charge in [-0.25, -0.2) is 0 Å². The molecule has 0 aliphatic carbocycles. The first-order chi connectivity index (χ1) is 46.5. The van der Waals surface area contributed by atoms with Gasteiger partial charge in [-0.15, -0.1) is 0 Å². The lowest BCUT2D eigenvalue weighted by Crippen LogP contribution is -3.14. The Kier molecular flexibility index (Phi) is 55.5. The Morgan fingerprint density at radius 1 is 0.441 bits per heavy atom. The summed E-state index contributed by atoms with van der Waals surface area (Å²) in [4.78, 5) is 234. The summed E-state index contributed by atoms with van der Waals surface area (Å²) in [6.45, 7) is -7.30. The van der Waals surface area contributed by atoms with Crippen LogP contribution in [0.15, 0.2) is 0 Å². The van der Waals surface area contributed by atoms with Gasteiger partial charge in [-0.05, 0) is 78.6 Å². The van der Waals surface area contributed by atoms with Gasteiger partial charge in [0.1, 0.15) is 0 Å². The summed E-state index contributed by atoms with van der Waals surface area (Å²) < 4.78 is 186. The molecule has 0 fully saturated rings. The van der Waals surface area contributed by atoms with Crippen molar-refractivity contribution in [2.75, 3.05) is 7.11 Å². The van der Waals surface area contributed by atoms with E-state index in [0.717, 1.165) is 0 Å². The highest BCUT2D eigenvalue weighted by molar-refractivity contribution is 8.24. The van der Waals surface area contributed by atoms with Gasteiger partial charge in [-0.3, -0.25) is 8.92 Å². The normalized spacial score (nSPS) is 20.4. The Morgan fingerprint density at radius 3 is 1.06 bits per heavy atom. The Morgan fingerprint density at radius 2 is 0.804 bits per heavy atom. The van der Waals surface area contributed by atoms with Crippen LogP contribution < -0.4 is 0 Å². The summed E-state index contributed by atoms with van der Waals surface area (Å²) >= 11 is 0. The standard InChI is InChI=1S/C12H90O31Si32.C5H16O7Si9.C3H8.O2Si/c1-32-66(44,50-18)41-75(72(58-26,59-27)37-49-17,73(60-28,64(9,10)31)39-62(5,6)29)69(40-65(11,12)38-61(2,3)4,43-68(53-21,34-46-14)63(7,8)30)74(70(54-22,55-23)35-47-15,71(56-24,57-25)36-48-16)42-67(51-19,52-20)33-45-13;1-13(2)15(7)17(9)19(11)21(4,5)20(12)18(10)16(8)14(3)6;2*1-3-2/h13-31H,45-60H2,1-12,44H3;13H,1-5H3;3H2,1-2H3;. The molecule has 102 heavy (non-hydrogen) atoms. The Balaban J connectivity index is -0.00000148. The van der Waals surface area contributed by atoms with Crippen LogP contribution in [0.1, 0.15) is 20.3 Å². The highest BCUT2D eigenvalue weighted by atomic mass is 30.5. The van der Waals surface area contributed by atoms with Crippen molar-refractivity contribution >= 4 is 354 Å². The first kappa shape index (κ1) is 114. The third-order valence-electron chi connectivity index (χ3n) is 15.4. The van der Waals surface area contributed by atoms with E-state index in [2.05, 4.69) is 13.8 Å². The lowest BCUT2D eigenvalue weighted by molar-refractivity contribution is 0.296. The summed E-state index contributed by atoms with van der Waals surface area (Å²) in [6, 6.07) is 0. The van der Waals surface area contributed by atoms with Gasteiger partial charge in [0.15, 0.2) is 88.2 Å². The van der Waals surface area contributed by atoms with E-state index in [0.29, 0.717) is 0 Å². The molecular formula is C20H114O40Si42. The van der Waals surface area contributed by atoms with Crippen LogP contribution in [0, 0.1) is 0 Å². The van der Waals surface area contributed by atoms with Gasteiger partial charge in [0.25, 0.3) is 71.4 Å². The van der Waals surface area contributed by atoms with Gasteiger partial charge >= 0.3 is 104 Å². The van der Waals surface area contributed by atoms with Crippen molar-refractivity contribution in [1.82, 2.24) is 0 Å². The quantitative estimate of drug-likeness (QED) is 0.0252. The summed E-state index contributed by atoms with van der Waals surface area (Å²) in [7, 11) is -119. The SMILES string of the molecule is CCC.CO[Si]([SiH3])(O[Si]([Si](O[SiH2]O)([SiH2]O)[SiH2]O)([Si](O[Si](C)(C)O[Si](C)(C)C)(O[Si](O[SiH2]O)([SiH2]O)[Si](C)(C)O)[Si](O[Si](O[SiH2]O)([SiH2]O)[SiH2]O)([Si](O[SiH2]O)([SiH2]O)[SiH2]O)[Si](O[SiH2]O)([SiH2]O)[SiH2]O)[Si](O[Si](C)(C)O)([SiH2]O)[Si](C)(C)O)[SiH2]O.C[Si](=O)[Si](=O)[Si](=O)[Si](=O)[Si](C)(C)[Si](=O)[Si](=O)[Si](=O)[SiH](C)C.O=[Si]=O. The molecule has 19 N–H and O–H groups in total. The zero-order valence-corrected chi connectivity index (χ0v) is 111. The summed E-state index contributed by atoms with van der Waals surface area (Å²) in [5, 5.41) is 0. The molecular weight excluding hydrogens is 2060 g/mol. The molecule has 0 aliphatic rings. The van der Waals surface area contributed by atoms with E-state index in [1.54, 1.807) is 32.7 Å². The third-order valence-corrected chi connectivity index (χ3v) is 430. The van der Waals surface area contributed by atoms with E-state index in [1.807, 2.05) is 0 Å². The fraction of sp³-hybridized carbons (Fsp3) is 1.00. The zero-order valence-electron chi connectivity index (χ0n) is 61.7. The molecule has 602 valence electrons. The fourth-order valence-corrected chi connectivity index (χ4v) is 719. The van der Waals surface area contributed by atoms with Crippen molar-refractivity contribution in [3.63, 3.8) is 0 Å². The van der Waals surface area contributed by atoms with Gasteiger partial charge < -0.3 is 172 Å². The van der Waals surface area contributed by atoms with Crippen LogP contribution in [0.25, 0.3) is 0 Å². The van der Waals surface area contributed by atoms with Crippen LogP contribution in [0.2, 0.25) is 105 Å².